The number of fused-ring (bicyclic) bond motifs is 3. The number of carbonyl (C=O) groups excluding carboxylic acids is 2. The normalized spacial score (nSPS) is 35.7. The largest absolute Gasteiger partial charge is 0.469 e. The van der Waals surface area contributed by atoms with Gasteiger partial charge in [-0.15, -0.1) is 0 Å². The molecular formula is C31H52O4. The van der Waals surface area contributed by atoms with Gasteiger partial charge in [-0.1, -0.05) is 65.5 Å². The molecule has 0 aromatic carbocycles. The summed E-state index contributed by atoms with van der Waals surface area (Å²) in [6, 6.07) is 0. The van der Waals surface area contributed by atoms with Crippen LogP contribution in [0.3, 0.4) is 0 Å². The Morgan fingerprint density at radius 3 is 2.31 bits per heavy atom. The highest BCUT2D eigenvalue weighted by Crippen LogP contribution is 2.67. The molecule has 0 aliphatic heterocycles. The van der Waals surface area contributed by atoms with Crippen molar-refractivity contribution in [2.75, 3.05) is 14.2 Å². The van der Waals surface area contributed by atoms with Crippen LogP contribution in [0, 0.1) is 51.8 Å². The zero-order valence-corrected chi connectivity index (χ0v) is 24.0. The van der Waals surface area contributed by atoms with Crippen molar-refractivity contribution in [1.29, 1.82) is 0 Å². The molecule has 0 bridgehead atoms. The quantitative estimate of drug-likeness (QED) is 0.248. The molecule has 7 atom stereocenters. The molecule has 4 nitrogen and oxygen atoms in total. The highest BCUT2D eigenvalue weighted by Gasteiger charge is 2.60. The highest BCUT2D eigenvalue weighted by atomic mass is 16.5. The van der Waals surface area contributed by atoms with Crippen LogP contribution in [0.5, 0.6) is 0 Å². The van der Waals surface area contributed by atoms with E-state index in [1.165, 1.54) is 52.7 Å². The standard InChI is InChI=1S/C31H52O4/c1-20(2)11-10-12-21(3)23-14-15-24-22-13-16-26(29(4,5)28(33)35-9)31(7,19-27(32)34-8)25(22)17-18-30(23,24)6/h16,20-25H,10-15,17-19H2,1-9H3/t21-,22-,23+,24+,25-,30-,31+/m1/s1. The van der Waals surface area contributed by atoms with Gasteiger partial charge in [0, 0.05) is 5.41 Å². The summed E-state index contributed by atoms with van der Waals surface area (Å²) in [5.41, 5.74) is 0.305. The number of rotatable bonds is 9. The van der Waals surface area contributed by atoms with Gasteiger partial charge in [-0.3, -0.25) is 9.59 Å². The summed E-state index contributed by atoms with van der Waals surface area (Å²) in [7, 11) is 2.93. The Morgan fingerprint density at radius 2 is 1.71 bits per heavy atom. The average molecular weight is 489 g/mol. The van der Waals surface area contributed by atoms with Crippen LogP contribution >= 0.6 is 0 Å². The second-order valence-electron chi connectivity index (χ2n) is 13.5. The highest BCUT2D eigenvalue weighted by molar-refractivity contribution is 5.81. The second kappa shape index (κ2) is 10.6. The number of hydrogen-bond acceptors (Lipinski definition) is 4. The minimum atomic E-state index is -0.758. The second-order valence-corrected chi connectivity index (χ2v) is 13.5. The number of methoxy groups -OCH3 is 2. The summed E-state index contributed by atoms with van der Waals surface area (Å²) in [4.78, 5) is 25.5. The lowest BCUT2D eigenvalue weighted by molar-refractivity contribution is -0.153. The zero-order chi connectivity index (χ0) is 26.2. The summed E-state index contributed by atoms with van der Waals surface area (Å²) in [6.45, 7) is 15.9. The smallest absolute Gasteiger partial charge is 0.315 e. The topological polar surface area (TPSA) is 52.6 Å². The minimum absolute atomic E-state index is 0.184. The molecule has 0 unspecified atom stereocenters. The fraction of sp³-hybridized carbons (Fsp3) is 0.871. The number of hydrogen-bond donors (Lipinski definition) is 0. The maximum absolute atomic E-state index is 12.8. The van der Waals surface area contributed by atoms with Crippen LogP contribution in [0.1, 0.15) is 106 Å². The van der Waals surface area contributed by atoms with Crippen molar-refractivity contribution in [2.24, 2.45) is 51.8 Å². The predicted molar refractivity (Wildman–Crippen MR) is 142 cm³/mol. The molecule has 0 spiro atoms. The molecule has 3 rings (SSSR count). The van der Waals surface area contributed by atoms with E-state index in [0.717, 1.165) is 36.2 Å². The molecule has 0 aromatic rings. The molecule has 3 aliphatic carbocycles. The van der Waals surface area contributed by atoms with E-state index in [0.29, 0.717) is 29.6 Å². The Labute approximate surface area is 215 Å². The molecule has 200 valence electrons. The Bertz CT molecular complexity index is 811. The molecule has 0 aromatic heterocycles. The number of carbonyl (C=O) groups is 2. The fourth-order valence-electron chi connectivity index (χ4n) is 9.05. The molecule has 0 saturated heterocycles. The molecule has 3 aliphatic rings. The van der Waals surface area contributed by atoms with Gasteiger partial charge in [0.15, 0.2) is 0 Å². The lowest BCUT2D eigenvalue weighted by Crippen LogP contribution is -2.52. The Morgan fingerprint density at radius 1 is 1.03 bits per heavy atom. The minimum Gasteiger partial charge on any atom is -0.469 e. The number of ether oxygens (including phenoxy) is 2. The molecule has 0 heterocycles. The van der Waals surface area contributed by atoms with Crippen LogP contribution in [-0.2, 0) is 19.1 Å². The van der Waals surface area contributed by atoms with Crippen molar-refractivity contribution in [3.05, 3.63) is 11.6 Å². The van der Waals surface area contributed by atoms with Crippen LogP contribution in [0.2, 0.25) is 0 Å². The first-order valence-electron chi connectivity index (χ1n) is 14.2. The maximum Gasteiger partial charge on any atom is 0.315 e. The van der Waals surface area contributed by atoms with Gasteiger partial charge in [0.2, 0.25) is 0 Å². The first kappa shape index (κ1) is 28.3. The van der Waals surface area contributed by atoms with Crippen molar-refractivity contribution >= 4 is 11.9 Å². The molecule has 0 N–H and O–H groups in total. The summed E-state index contributed by atoms with van der Waals surface area (Å²) >= 11 is 0. The molecule has 35 heavy (non-hydrogen) atoms. The molecule has 2 fully saturated rings. The van der Waals surface area contributed by atoms with Crippen LogP contribution in [0.4, 0.5) is 0 Å². The van der Waals surface area contributed by atoms with E-state index in [4.69, 9.17) is 9.47 Å². The van der Waals surface area contributed by atoms with E-state index in [-0.39, 0.29) is 11.9 Å². The first-order chi connectivity index (χ1) is 16.3. The number of esters is 2. The Hall–Kier alpha value is -1.32. The van der Waals surface area contributed by atoms with Crippen molar-refractivity contribution in [3.8, 4) is 0 Å². The molecule has 0 radical (unpaired) electrons. The van der Waals surface area contributed by atoms with Gasteiger partial charge in [-0.05, 0) is 86.9 Å². The molecule has 4 heteroatoms. The third-order valence-electron chi connectivity index (χ3n) is 10.8. The maximum atomic E-state index is 12.8. The summed E-state index contributed by atoms with van der Waals surface area (Å²) < 4.78 is 10.4. The summed E-state index contributed by atoms with van der Waals surface area (Å²) in [5.74, 6) is 3.58. The van der Waals surface area contributed by atoms with Gasteiger partial charge < -0.3 is 9.47 Å². The van der Waals surface area contributed by atoms with Gasteiger partial charge in [0.25, 0.3) is 0 Å². The van der Waals surface area contributed by atoms with Crippen LogP contribution in [0.15, 0.2) is 11.6 Å². The van der Waals surface area contributed by atoms with Gasteiger partial charge in [-0.2, -0.15) is 0 Å². The monoisotopic (exact) mass is 488 g/mol. The molecule has 2 saturated carbocycles. The van der Waals surface area contributed by atoms with E-state index in [1.54, 1.807) is 0 Å². The SMILES string of the molecule is COC(=O)C[C@]1(C)C(C(C)(C)C(=O)OC)=CC[C@H]2[C@H]1CC[C@@]1(C)[C@H]2CC[C@H]1[C@H](C)CCCC(C)C. The van der Waals surface area contributed by atoms with Crippen molar-refractivity contribution in [3.63, 3.8) is 0 Å². The lowest BCUT2D eigenvalue weighted by Gasteiger charge is -2.58. The molecule has 0 amide bonds. The Balaban J connectivity index is 1.91. The van der Waals surface area contributed by atoms with Crippen LogP contribution < -0.4 is 0 Å². The van der Waals surface area contributed by atoms with E-state index in [1.807, 2.05) is 13.8 Å². The predicted octanol–water partition coefficient (Wildman–Crippen LogP) is 7.61. The van der Waals surface area contributed by atoms with Crippen molar-refractivity contribution < 1.29 is 19.1 Å². The third-order valence-corrected chi connectivity index (χ3v) is 10.8. The van der Waals surface area contributed by atoms with Crippen molar-refractivity contribution in [2.45, 2.75) is 106 Å². The first-order valence-corrected chi connectivity index (χ1v) is 14.2. The average Bonchev–Trinajstić information content (AvgIpc) is 3.15. The zero-order valence-electron chi connectivity index (χ0n) is 24.0. The lowest BCUT2D eigenvalue weighted by atomic mass is 9.46. The summed E-state index contributed by atoms with van der Waals surface area (Å²) in [6.07, 6.45) is 12.6. The Kier molecular flexibility index (Phi) is 8.54. The van der Waals surface area contributed by atoms with E-state index in [2.05, 4.69) is 40.7 Å². The fourth-order valence-corrected chi connectivity index (χ4v) is 9.05. The molecular weight excluding hydrogens is 436 g/mol. The van der Waals surface area contributed by atoms with E-state index in [9.17, 15) is 9.59 Å². The van der Waals surface area contributed by atoms with Gasteiger partial charge in [-0.25, -0.2) is 0 Å². The van der Waals surface area contributed by atoms with E-state index >= 15 is 0 Å². The van der Waals surface area contributed by atoms with E-state index < -0.39 is 10.8 Å². The van der Waals surface area contributed by atoms with Crippen LogP contribution in [0.25, 0.3) is 0 Å². The van der Waals surface area contributed by atoms with Crippen LogP contribution in [-0.4, -0.2) is 26.2 Å². The third kappa shape index (κ3) is 5.10. The van der Waals surface area contributed by atoms with Gasteiger partial charge in [0.1, 0.15) is 0 Å². The summed E-state index contributed by atoms with van der Waals surface area (Å²) in [5, 5.41) is 0. The number of allylic oxidation sites excluding steroid dienone is 1. The van der Waals surface area contributed by atoms with Crippen molar-refractivity contribution in [1.82, 2.24) is 0 Å². The van der Waals surface area contributed by atoms with Gasteiger partial charge >= 0.3 is 11.9 Å². The van der Waals surface area contributed by atoms with Gasteiger partial charge in [0.05, 0.1) is 26.1 Å².